The number of aromatic nitrogens is 2. The van der Waals surface area contributed by atoms with E-state index in [2.05, 4.69) is 15.5 Å². The molecule has 0 aliphatic heterocycles. The molecule has 2 aromatic heterocycles. The van der Waals surface area contributed by atoms with Crippen molar-refractivity contribution in [2.75, 3.05) is 5.32 Å². The molecule has 0 saturated carbocycles. The number of hydrogen-bond donors (Lipinski definition) is 1. The fourth-order valence-corrected chi connectivity index (χ4v) is 4.35. The lowest BCUT2D eigenvalue weighted by Crippen LogP contribution is -2.33. The molecular formula is C26H26N4O3S. The fraction of sp³-hybridized carbons (Fsp3) is 0.231. The van der Waals surface area contributed by atoms with Crippen molar-refractivity contribution in [3.8, 4) is 10.7 Å². The molecule has 0 aliphatic carbocycles. The minimum atomic E-state index is -0.203. The van der Waals surface area contributed by atoms with E-state index in [0.29, 0.717) is 30.4 Å². The summed E-state index contributed by atoms with van der Waals surface area (Å²) in [6, 6.07) is 21.1. The number of carbonyl (C=O) groups excluding carboxylic acids is 2. The normalized spacial score (nSPS) is 11.7. The van der Waals surface area contributed by atoms with E-state index in [1.165, 1.54) is 18.3 Å². The molecule has 0 bridgehead atoms. The smallest absolute Gasteiger partial charge is 0.227 e. The minimum absolute atomic E-state index is 0.0165. The maximum absolute atomic E-state index is 13.4. The lowest BCUT2D eigenvalue weighted by Gasteiger charge is -2.30. The number of thiophene rings is 1. The van der Waals surface area contributed by atoms with Crippen molar-refractivity contribution in [1.82, 2.24) is 15.0 Å². The van der Waals surface area contributed by atoms with Crippen LogP contribution in [-0.2, 0) is 22.6 Å². The van der Waals surface area contributed by atoms with Gasteiger partial charge in [-0.05, 0) is 41.6 Å². The summed E-state index contributed by atoms with van der Waals surface area (Å²) < 4.78 is 5.37. The van der Waals surface area contributed by atoms with Gasteiger partial charge < -0.3 is 14.7 Å². The largest absolute Gasteiger partial charge is 0.339 e. The summed E-state index contributed by atoms with van der Waals surface area (Å²) in [7, 11) is 0. The second-order valence-corrected chi connectivity index (χ2v) is 8.93. The van der Waals surface area contributed by atoms with Crippen LogP contribution in [0.4, 0.5) is 5.69 Å². The summed E-state index contributed by atoms with van der Waals surface area (Å²) in [6.07, 6.45) is 0.607. The van der Waals surface area contributed by atoms with Crippen molar-refractivity contribution in [2.24, 2.45) is 0 Å². The first-order chi connectivity index (χ1) is 16.5. The molecule has 7 nitrogen and oxygen atoms in total. The molecule has 2 aromatic carbocycles. The summed E-state index contributed by atoms with van der Waals surface area (Å²) in [5.41, 5.74) is 2.68. The minimum Gasteiger partial charge on any atom is -0.339 e. The number of anilines is 1. The highest BCUT2D eigenvalue weighted by Gasteiger charge is 2.23. The van der Waals surface area contributed by atoms with Gasteiger partial charge in [0.25, 0.3) is 0 Å². The number of aryl methyl sites for hydroxylation is 1. The van der Waals surface area contributed by atoms with E-state index in [1.54, 1.807) is 0 Å². The van der Waals surface area contributed by atoms with Crippen LogP contribution < -0.4 is 5.32 Å². The summed E-state index contributed by atoms with van der Waals surface area (Å²) in [5.74, 6) is 0.833. The van der Waals surface area contributed by atoms with Crippen molar-refractivity contribution >= 4 is 28.8 Å². The fourth-order valence-electron chi connectivity index (χ4n) is 3.70. The van der Waals surface area contributed by atoms with Gasteiger partial charge in [-0.25, -0.2) is 0 Å². The van der Waals surface area contributed by atoms with Crippen molar-refractivity contribution in [3.63, 3.8) is 0 Å². The molecular weight excluding hydrogens is 448 g/mol. The van der Waals surface area contributed by atoms with Gasteiger partial charge in [0.15, 0.2) is 0 Å². The molecule has 2 amide bonds. The third kappa shape index (κ3) is 5.96. The zero-order valence-corrected chi connectivity index (χ0v) is 19.9. The van der Waals surface area contributed by atoms with Gasteiger partial charge in [0.05, 0.1) is 10.9 Å². The molecule has 1 unspecified atom stereocenters. The highest BCUT2D eigenvalue weighted by molar-refractivity contribution is 7.13. The molecule has 0 fully saturated rings. The van der Waals surface area contributed by atoms with Crippen LogP contribution in [0.5, 0.6) is 0 Å². The van der Waals surface area contributed by atoms with Gasteiger partial charge in [-0.1, -0.05) is 53.7 Å². The zero-order chi connectivity index (χ0) is 23.9. The quantitative estimate of drug-likeness (QED) is 0.347. The van der Waals surface area contributed by atoms with E-state index >= 15 is 0 Å². The maximum atomic E-state index is 13.4. The molecule has 174 valence electrons. The number of benzene rings is 2. The van der Waals surface area contributed by atoms with Crippen LogP contribution in [-0.4, -0.2) is 26.9 Å². The average molecular weight is 475 g/mol. The number of carbonyl (C=O) groups is 2. The van der Waals surface area contributed by atoms with Gasteiger partial charge in [-0.15, -0.1) is 11.3 Å². The number of amides is 2. The third-order valence-electron chi connectivity index (χ3n) is 5.44. The standard InChI is InChI=1S/C26H26N4O3S/c1-18(21-10-6-11-22(16-21)27-19(2)31)30(17-20-8-4-3-5-9-20)25(32)14-13-24-28-26(29-33-24)23-12-7-15-34-23/h3-12,15-16,18H,13-14,17H2,1-2H3,(H,27,31). The first-order valence-corrected chi connectivity index (χ1v) is 11.9. The molecule has 0 radical (unpaired) electrons. The van der Waals surface area contributed by atoms with Gasteiger partial charge in [0, 0.05) is 32.0 Å². The van der Waals surface area contributed by atoms with E-state index in [4.69, 9.17) is 4.52 Å². The van der Waals surface area contributed by atoms with Crippen molar-refractivity contribution < 1.29 is 14.1 Å². The summed E-state index contributed by atoms with van der Waals surface area (Å²) in [5, 5.41) is 8.80. The highest BCUT2D eigenvalue weighted by Crippen LogP contribution is 2.26. The molecule has 34 heavy (non-hydrogen) atoms. The van der Waals surface area contributed by atoms with Crippen LogP contribution in [0.1, 0.15) is 43.3 Å². The Morgan fingerprint density at radius 1 is 1.09 bits per heavy atom. The molecule has 0 spiro atoms. The van der Waals surface area contributed by atoms with Crippen LogP contribution in [0, 0.1) is 0 Å². The summed E-state index contributed by atoms with van der Waals surface area (Å²) in [6.45, 7) is 3.94. The van der Waals surface area contributed by atoms with E-state index in [9.17, 15) is 9.59 Å². The highest BCUT2D eigenvalue weighted by atomic mass is 32.1. The Morgan fingerprint density at radius 2 is 1.91 bits per heavy atom. The number of nitrogens with one attached hydrogen (secondary N) is 1. The molecule has 1 atom stereocenters. The van der Waals surface area contributed by atoms with Gasteiger partial charge in [-0.3, -0.25) is 9.59 Å². The molecule has 4 aromatic rings. The van der Waals surface area contributed by atoms with Crippen molar-refractivity contribution in [1.29, 1.82) is 0 Å². The Labute approximate surface area is 202 Å². The first-order valence-electron chi connectivity index (χ1n) is 11.1. The van der Waals surface area contributed by atoms with E-state index < -0.39 is 0 Å². The third-order valence-corrected chi connectivity index (χ3v) is 6.30. The van der Waals surface area contributed by atoms with Gasteiger partial charge in [-0.2, -0.15) is 4.98 Å². The Hall–Kier alpha value is -3.78. The number of hydrogen-bond acceptors (Lipinski definition) is 6. The summed E-state index contributed by atoms with van der Waals surface area (Å²) >= 11 is 1.54. The number of nitrogens with zero attached hydrogens (tertiary/aromatic N) is 3. The first kappa shape index (κ1) is 23.4. The Morgan fingerprint density at radius 3 is 2.65 bits per heavy atom. The molecule has 8 heteroatoms. The Bertz CT molecular complexity index is 1240. The molecule has 1 N–H and O–H groups in total. The molecule has 4 rings (SSSR count). The average Bonchev–Trinajstić information content (AvgIpc) is 3.53. The second-order valence-electron chi connectivity index (χ2n) is 7.98. The topological polar surface area (TPSA) is 88.3 Å². The van der Waals surface area contributed by atoms with Crippen LogP contribution in [0.2, 0.25) is 0 Å². The van der Waals surface area contributed by atoms with E-state index in [1.807, 2.05) is 83.9 Å². The lowest BCUT2D eigenvalue weighted by molar-refractivity contribution is -0.134. The molecule has 0 aliphatic rings. The van der Waals surface area contributed by atoms with Crippen LogP contribution in [0.15, 0.2) is 76.6 Å². The van der Waals surface area contributed by atoms with Crippen LogP contribution in [0.3, 0.4) is 0 Å². The second kappa shape index (κ2) is 10.9. The van der Waals surface area contributed by atoms with E-state index in [-0.39, 0.29) is 24.3 Å². The Balaban J connectivity index is 1.51. The number of rotatable bonds is 9. The van der Waals surface area contributed by atoms with Crippen LogP contribution in [0.25, 0.3) is 10.7 Å². The monoisotopic (exact) mass is 474 g/mol. The lowest BCUT2D eigenvalue weighted by atomic mass is 10.0. The van der Waals surface area contributed by atoms with Gasteiger partial charge >= 0.3 is 0 Å². The molecule has 2 heterocycles. The van der Waals surface area contributed by atoms with Gasteiger partial charge in [0.2, 0.25) is 23.5 Å². The predicted molar refractivity (Wildman–Crippen MR) is 132 cm³/mol. The van der Waals surface area contributed by atoms with Crippen molar-refractivity contribution in [3.05, 3.63) is 89.1 Å². The zero-order valence-electron chi connectivity index (χ0n) is 19.1. The predicted octanol–water partition coefficient (Wildman–Crippen LogP) is 5.48. The summed E-state index contributed by atoms with van der Waals surface area (Å²) in [4.78, 5) is 32.1. The van der Waals surface area contributed by atoms with Crippen LogP contribution >= 0.6 is 11.3 Å². The van der Waals surface area contributed by atoms with E-state index in [0.717, 1.165) is 16.0 Å². The maximum Gasteiger partial charge on any atom is 0.227 e. The van der Waals surface area contributed by atoms with Crippen molar-refractivity contribution in [2.45, 2.75) is 39.3 Å². The molecule has 0 saturated heterocycles. The SMILES string of the molecule is CC(=O)Nc1cccc(C(C)N(Cc2ccccc2)C(=O)CCc2nc(-c3cccs3)no2)c1. The van der Waals surface area contributed by atoms with Gasteiger partial charge in [0.1, 0.15) is 0 Å². The Kier molecular flexibility index (Phi) is 7.49.